The molecule has 0 radical (unpaired) electrons. The molecular weight excluding hydrogens is 525 g/mol. The predicted molar refractivity (Wildman–Crippen MR) is 123 cm³/mol. The van der Waals surface area contributed by atoms with E-state index in [1.54, 1.807) is 18.2 Å². The summed E-state index contributed by atoms with van der Waals surface area (Å²) in [5, 5.41) is 1.48. The second-order valence-electron chi connectivity index (χ2n) is 7.21. The monoisotopic (exact) mass is 540 g/mol. The molecule has 0 atom stereocenters. The number of thiophene rings is 1. The number of hydrogen-bond donors (Lipinski definition) is 0. The zero-order chi connectivity index (χ0) is 25.4. The summed E-state index contributed by atoms with van der Waals surface area (Å²) in [5.74, 6) is -2.43. The van der Waals surface area contributed by atoms with Gasteiger partial charge in [-0.25, -0.2) is 13.4 Å². The van der Waals surface area contributed by atoms with Crippen molar-refractivity contribution in [2.75, 3.05) is 6.26 Å². The molecule has 2 aromatic carbocycles. The number of nitrogens with zero attached hydrogens (tertiary/aromatic N) is 2. The van der Waals surface area contributed by atoms with E-state index in [0.717, 1.165) is 17.6 Å². The van der Waals surface area contributed by atoms with Gasteiger partial charge in [0.15, 0.2) is 14.0 Å². The smallest absolute Gasteiger partial charge is 0.357 e. The van der Waals surface area contributed by atoms with E-state index in [2.05, 4.69) is 9.97 Å². The van der Waals surface area contributed by atoms with Crippen LogP contribution in [0.1, 0.15) is 5.82 Å². The average Bonchev–Trinajstić information content (AvgIpc) is 3.34. The van der Waals surface area contributed by atoms with E-state index in [1.807, 2.05) is 0 Å². The first-order valence-electron chi connectivity index (χ1n) is 9.69. The Labute approximate surface area is 202 Å². The molecule has 0 aliphatic rings. The standard InChI is InChI=1S/C22H15F3N2O5S3/c1-34(28,29)16-11-9-15(10-12-16)19-18(14-6-3-2-4-7-14)20(27-21(26-19)22(23,24)25)32-35(30,31)17-8-5-13-33-17/h2-13H,1H3. The molecule has 0 aliphatic carbocycles. The Morgan fingerprint density at radius 2 is 1.49 bits per heavy atom. The molecule has 0 saturated heterocycles. The van der Waals surface area contributed by atoms with Crippen LogP contribution in [-0.4, -0.2) is 33.1 Å². The van der Waals surface area contributed by atoms with Crippen LogP contribution in [0.15, 0.2) is 81.2 Å². The first-order valence-corrected chi connectivity index (χ1v) is 13.9. The normalized spacial score (nSPS) is 12.5. The number of rotatable bonds is 6. The summed E-state index contributed by atoms with van der Waals surface area (Å²) in [5.41, 5.74) is 0.00288. The Morgan fingerprint density at radius 1 is 0.829 bits per heavy atom. The van der Waals surface area contributed by atoms with Crippen LogP contribution in [0.3, 0.4) is 0 Å². The molecule has 0 bridgehead atoms. The fraction of sp³-hybridized carbons (Fsp3) is 0.0909. The lowest BCUT2D eigenvalue weighted by atomic mass is 10.00. The van der Waals surface area contributed by atoms with Gasteiger partial charge in [0, 0.05) is 11.8 Å². The van der Waals surface area contributed by atoms with E-state index in [0.29, 0.717) is 5.56 Å². The van der Waals surface area contributed by atoms with Gasteiger partial charge in [0.05, 0.1) is 16.2 Å². The number of halogens is 3. The van der Waals surface area contributed by atoms with Crippen LogP contribution < -0.4 is 4.18 Å². The third kappa shape index (κ3) is 5.36. The fourth-order valence-electron chi connectivity index (χ4n) is 3.11. The van der Waals surface area contributed by atoms with Crippen molar-refractivity contribution in [1.82, 2.24) is 9.97 Å². The SMILES string of the molecule is CS(=O)(=O)c1ccc(-c2nc(C(F)(F)F)nc(OS(=O)(=O)c3cccs3)c2-c2ccccc2)cc1. The highest BCUT2D eigenvalue weighted by atomic mass is 32.3. The molecule has 4 aromatic rings. The maximum absolute atomic E-state index is 13.7. The van der Waals surface area contributed by atoms with E-state index in [1.165, 1.54) is 53.9 Å². The predicted octanol–water partition coefficient (Wildman–Crippen LogP) is 5.06. The van der Waals surface area contributed by atoms with E-state index in [9.17, 15) is 30.0 Å². The van der Waals surface area contributed by atoms with Gasteiger partial charge < -0.3 is 4.18 Å². The van der Waals surface area contributed by atoms with Crippen LogP contribution in [-0.2, 0) is 26.1 Å². The van der Waals surface area contributed by atoms with Crippen LogP contribution in [0.5, 0.6) is 5.88 Å². The molecule has 182 valence electrons. The summed E-state index contributed by atoms with van der Waals surface area (Å²) in [7, 11) is -8.07. The van der Waals surface area contributed by atoms with Crippen molar-refractivity contribution in [2.24, 2.45) is 0 Å². The van der Waals surface area contributed by atoms with Crippen molar-refractivity contribution in [3.8, 4) is 28.3 Å². The highest BCUT2D eigenvalue weighted by molar-refractivity contribution is 7.90. The van der Waals surface area contributed by atoms with Crippen molar-refractivity contribution in [3.63, 3.8) is 0 Å². The number of sulfone groups is 1. The number of benzene rings is 2. The minimum absolute atomic E-state index is 0.0515. The van der Waals surface area contributed by atoms with Gasteiger partial charge >= 0.3 is 16.3 Å². The van der Waals surface area contributed by atoms with Crippen molar-refractivity contribution in [3.05, 3.63) is 77.9 Å². The van der Waals surface area contributed by atoms with Gasteiger partial charge in [0.1, 0.15) is 0 Å². The van der Waals surface area contributed by atoms with E-state index in [4.69, 9.17) is 4.18 Å². The largest absolute Gasteiger partial charge is 0.451 e. The lowest BCUT2D eigenvalue weighted by Gasteiger charge is -2.17. The van der Waals surface area contributed by atoms with Crippen LogP contribution in [0.4, 0.5) is 13.2 Å². The molecule has 7 nitrogen and oxygen atoms in total. The molecule has 0 amide bonds. The molecule has 0 spiro atoms. The summed E-state index contributed by atoms with van der Waals surface area (Å²) >= 11 is 0.830. The van der Waals surface area contributed by atoms with E-state index in [-0.39, 0.29) is 25.9 Å². The minimum atomic E-state index is -5.03. The molecule has 0 fully saturated rings. The fourth-order valence-corrected chi connectivity index (χ4v) is 5.59. The van der Waals surface area contributed by atoms with Crippen molar-refractivity contribution in [2.45, 2.75) is 15.3 Å². The topological polar surface area (TPSA) is 103 Å². The van der Waals surface area contributed by atoms with Crippen molar-refractivity contribution in [1.29, 1.82) is 0 Å². The summed E-state index contributed by atoms with van der Waals surface area (Å²) in [6.07, 6.45) is -4.04. The molecular formula is C22H15F3N2O5S3. The first-order chi connectivity index (χ1) is 16.4. The first kappa shape index (κ1) is 24.8. The summed E-state index contributed by atoms with van der Waals surface area (Å²) < 4.78 is 95.3. The molecule has 0 aliphatic heterocycles. The second kappa shape index (κ2) is 9.06. The Morgan fingerprint density at radius 3 is 2.03 bits per heavy atom. The van der Waals surface area contributed by atoms with Crippen LogP contribution in [0, 0.1) is 0 Å². The van der Waals surface area contributed by atoms with Gasteiger partial charge in [0.25, 0.3) is 0 Å². The second-order valence-corrected chi connectivity index (χ2v) is 11.9. The Bertz CT molecular complexity index is 1570. The summed E-state index contributed by atoms with van der Waals surface area (Å²) in [4.78, 5) is 7.06. The number of hydrogen-bond acceptors (Lipinski definition) is 8. The Balaban J connectivity index is 2.01. The van der Waals surface area contributed by atoms with E-state index >= 15 is 0 Å². The van der Waals surface area contributed by atoms with Crippen LogP contribution in [0.25, 0.3) is 22.4 Å². The Kier molecular flexibility index (Phi) is 6.42. The van der Waals surface area contributed by atoms with Crippen LogP contribution >= 0.6 is 11.3 Å². The summed E-state index contributed by atoms with van der Waals surface area (Å²) in [6.45, 7) is 0. The number of alkyl halides is 3. The number of aromatic nitrogens is 2. The lowest BCUT2D eigenvalue weighted by molar-refractivity contribution is -0.145. The third-order valence-electron chi connectivity index (χ3n) is 4.68. The van der Waals surface area contributed by atoms with Gasteiger partial charge in [-0.05, 0) is 29.1 Å². The molecule has 2 aromatic heterocycles. The van der Waals surface area contributed by atoms with E-state index < -0.39 is 37.8 Å². The molecule has 0 unspecified atom stereocenters. The maximum atomic E-state index is 13.7. The van der Waals surface area contributed by atoms with Gasteiger partial charge in [-0.1, -0.05) is 48.5 Å². The molecule has 2 heterocycles. The Hall–Kier alpha value is -3.29. The van der Waals surface area contributed by atoms with Gasteiger partial charge in [-0.3, -0.25) is 0 Å². The zero-order valence-corrected chi connectivity index (χ0v) is 20.2. The third-order valence-corrected chi connectivity index (χ3v) is 8.38. The highest BCUT2D eigenvalue weighted by Gasteiger charge is 2.38. The zero-order valence-electron chi connectivity index (χ0n) is 17.7. The summed E-state index contributed by atoms with van der Waals surface area (Å²) in [6, 6.07) is 15.6. The highest BCUT2D eigenvalue weighted by Crippen LogP contribution is 2.41. The molecule has 0 N–H and O–H groups in total. The van der Waals surface area contributed by atoms with Gasteiger partial charge in [-0.2, -0.15) is 26.6 Å². The molecule has 35 heavy (non-hydrogen) atoms. The lowest BCUT2D eigenvalue weighted by Crippen LogP contribution is -2.16. The minimum Gasteiger partial charge on any atom is -0.357 e. The van der Waals surface area contributed by atoms with Gasteiger partial charge in [-0.15, -0.1) is 11.3 Å². The van der Waals surface area contributed by atoms with Crippen molar-refractivity contribution >= 4 is 31.3 Å². The van der Waals surface area contributed by atoms with Gasteiger partial charge in [0.2, 0.25) is 11.7 Å². The molecule has 13 heteroatoms. The maximum Gasteiger partial charge on any atom is 0.451 e. The average molecular weight is 541 g/mol. The quantitative estimate of drug-likeness (QED) is 0.315. The molecule has 0 saturated carbocycles. The van der Waals surface area contributed by atoms with Crippen molar-refractivity contribution < 1.29 is 34.2 Å². The van der Waals surface area contributed by atoms with Crippen LogP contribution in [0.2, 0.25) is 0 Å². The molecule has 4 rings (SSSR count).